The third kappa shape index (κ3) is 1.43. The summed E-state index contributed by atoms with van der Waals surface area (Å²) >= 11 is 0. The van der Waals surface area contributed by atoms with Gasteiger partial charge in [0.25, 0.3) is 5.91 Å². The highest BCUT2D eigenvalue weighted by Gasteiger charge is 2.43. The third-order valence-corrected chi connectivity index (χ3v) is 3.76. The van der Waals surface area contributed by atoms with Gasteiger partial charge in [0.2, 0.25) is 0 Å². The van der Waals surface area contributed by atoms with Crippen molar-refractivity contribution in [3.63, 3.8) is 0 Å². The molecule has 5 heteroatoms. The van der Waals surface area contributed by atoms with Gasteiger partial charge in [0.1, 0.15) is 6.26 Å². The van der Waals surface area contributed by atoms with Crippen LogP contribution in [0, 0.1) is 11.8 Å². The molecule has 0 radical (unpaired) electrons. The van der Waals surface area contributed by atoms with Crippen molar-refractivity contribution in [1.82, 2.24) is 10.1 Å². The second-order valence-electron chi connectivity index (χ2n) is 4.66. The quantitative estimate of drug-likeness (QED) is 0.752. The highest BCUT2D eigenvalue weighted by molar-refractivity contribution is 5.92. The lowest BCUT2D eigenvalue weighted by Crippen LogP contribution is -2.31. The van der Waals surface area contributed by atoms with Gasteiger partial charge in [0.05, 0.1) is 6.10 Å². The van der Waals surface area contributed by atoms with Gasteiger partial charge in [-0.3, -0.25) is 4.79 Å². The van der Waals surface area contributed by atoms with Crippen molar-refractivity contribution < 1.29 is 14.4 Å². The van der Waals surface area contributed by atoms with Crippen LogP contribution in [0.2, 0.25) is 0 Å². The fraction of sp³-hybridized carbons (Fsp3) is 0.636. The van der Waals surface area contributed by atoms with Crippen molar-refractivity contribution in [3.8, 4) is 0 Å². The van der Waals surface area contributed by atoms with Crippen LogP contribution in [0.1, 0.15) is 23.3 Å². The van der Waals surface area contributed by atoms with Gasteiger partial charge in [-0.15, -0.1) is 0 Å². The van der Waals surface area contributed by atoms with Gasteiger partial charge in [-0.1, -0.05) is 5.16 Å². The lowest BCUT2D eigenvalue weighted by molar-refractivity contribution is 0.0742. The molecule has 3 rings (SSSR count). The normalized spacial score (nSPS) is 33.1. The summed E-state index contributed by atoms with van der Waals surface area (Å²) in [5, 5.41) is 13.4. The maximum absolute atomic E-state index is 12.0. The standard InChI is InChI=1S/C11H14N2O3/c14-10-2-1-7-5-13(6-8(7)10)11(15)9-3-4-16-12-9/h3-4,7-8,10,14H,1-2,5-6H2. The fourth-order valence-corrected chi connectivity index (χ4v) is 2.89. The Morgan fingerprint density at radius 2 is 2.38 bits per heavy atom. The van der Waals surface area contributed by atoms with Crippen LogP contribution in [0.4, 0.5) is 0 Å². The summed E-state index contributed by atoms with van der Waals surface area (Å²) in [7, 11) is 0. The van der Waals surface area contributed by atoms with Crippen LogP contribution in [0.5, 0.6) is 0 Å². The number of carbonyl (C=O) groups is 1. The largest absolute Gasteiger partial charge is 0.393 e. The second-order valence-corrected chi connectivity index (χ2v) is 4.66. The third-order valence-electron chi connectivity index (χ3n) is 3.76. The lowest BCUT2D eigenvalue weighted by atomic mass is 10.00. The second kappa shape index (κ2) is 3.59. The molecule has 3 unspecified atom stereocenters. The van der Waals surface area contributed by atoms with Gasteiger partial charge in [0.15, 0.2) is 5.69 Å². The molecule has 16 heavy (non-hydrogen) atoms. The van der Waals surface area contributed by atoms with E-state index in [1.165, 1.54) is 6.26 Å². The predicted molar refractivity (Wildman–Crippen MR) is 54.6 cm³/mol. The number of hydrogen-bond donors (Lipinski definition) is 1. The number of likely N-dealkylation sites (tertiary alicyclic amines) is 1. The zero-order valence-corrected chi connectivity index (χ0v) is 8.87. The first-order valence-corrected chi connectivity index (χ1v) is 5.63. The van der Waals surface area contributed by atoms with E-state index in [4.69, 9.17) is 0 Å². The molecular formula is C11H14N2O3. The van der Waals surface area contributed by atoms with E-state index >= 15 is 0 Å². The molecule has 1 saturated heterocycles. The fourth-order valence-electron chi connectivity index (χ4n) is 2.89. The van der Waals surface area contributed by atoms with Crippen LogP contribution in [0.15, 0.2) is 16.9 Å². The summed E-state index contributed by atoms with van der Waals surface area (Å²) in [6.45, 7) is 1.39. The van der Waals surface area contributed by atoms with E-state index in [9.17, 15) is 9.90 Å². The van der Waals surface area contributed by atoms with Crippen molar-refractivity contribution in [3.05, 3.63) is 18.0 Å². The van der Waals surface area contributed by atoms with Crippen molar-refractivity contribution in [2.75, 3.05) is 13.1 Å². The molecule has 0 aromatic carbocycles. The Morgan fingerprint density at radius 1 is 1.50 bits per heavy atom. The molecule has 0 spiro atoms. The van der Waals surface area contributed by atoms with Crippen LogP contribution in [0.25, 0.3) is 0 Å². The summed E-state index contributed by atoms with van der Waals surface area (Å²) in [5.74, 6) is 0.636. The zero-order valence-electron chi connectivity index (χ0n) is 8.87. The number of fused-ring (bicyclic) bond motifs is 1. The first-order valence-electron chi connectivity index (χ1n) is 5.63. The first-order chi connectivity index (χ1) is 7.75. The molecule has 1 N–H and O–H groups in total. The Hall–Kier alpha value is -1.36. The monoisotopic (exact) mass is 222 g/mol. The Bertz CT molecular complexity index is 390. The van der Waals surface area contributed by atoms with E-state index in [-0.39, 0.29) is 17.9 Å². The van der Waals surface area contributed by atoms with E-state index in [1.54, 1.807) is 11.0 Å². The summed E-state index contributed by atoms with van der Waals surface area (Å²) in [6, 6.07) is 1.58. The highest BCUT2D eigenvalue weighted by Crippen LogP contribution is 2.38. The minimum Gasteiger partial charge on any atom is -0.393 e. The van der Waals surface area contributed by atoms with Crippen molar-refractivity contribution in [2.45, 2.75) is 18.9 Å². The number of rotatable bonds is 1. The van der Waals surface area contributed by atoms with Gasteiger partial charge in [-0.2, -0.15) is 0 Å². The number of aliphatic hydroxyl groups is 1. The summed E-state index contributed by atoms with van der Waals surface area (Å²) < 4.78 is 4.66. The van der Waals surface area contributed by atoms with Gasteiger partial charge in [0, 0.05) is 25.1 Å². The van der Waals surface area contributed by atoms with Crippen LogP contribution in [-0.2, 0) is 0 Å². The van der Waals surface area contributed by atoms with Gasteiger partial charge in [-0.05, 0) is 18.8 Å². The predicted octanol–water partition coefficient (Wildman–Crippen LogP) is 0.517. The van der Waals surface area contributed by atoms with E-state index in [0.29, 0.717) is 18.2 Å². The maximum atomic E-state index is 12.0. The molecule has 1 aromatic rings. The molecule has 1 saturated carbocycles. The molecule has 1 amide bonds. The van der Waals surface area contributed by atoms with Gasteiger partial charge < -0.3 is 14.5 Å². The molecule has 3 atom stereocenters. The Labute approximate surface area is 93.0 Å². The molecule has 1 aromatic heterocycles. The lowest BCUT2D eigenvalue weighted by Gasteiger charge is -2.16. The summed E-state index contributed by atoms with van der Waals surface area (Å²) in [6.07, 6.45) is 3.06. The van der Waals surface area contributed by atoms with E-state index < -0.39 is 0 Å². The summed E-state index contributed by atoms with van der Waals surface area (Å²) in [4.78, 5) is 13.7. The number of amides is 1. The van der Waals surface area contributed by atoms with Crippen LogP contribution < -0.4 is 0 Å². The molecule has 1 aliphatic carbocycles. The van der Waals surface area contributed by atoms with E-state index in [1.807, 2.05) is 0 Å². The number of carbonyl (C=O) groups excluding carboxylic acids is 1. The first kappa shape index (κ1) is 9.84. The molecule has 0 bridgehead atoms. The van der Waals surface area contributed by atoms with Crippen LogP contribution >= 0.6 is 0 Å². The van der Waals surface area contributed by atoms with Crippen LogP contribution in [-0.4, -0.2) is 40.3 Å². The number of nitrogens with zero attached hydrogens (tertiary/aromatic N) is 2. The van der Waals surface area contributed by atoms with Gasteiger partial charge >= 0.3 is 0 Å². The zero-order chi connectivity index (χ0) is 11.1. The van der Waals surface area contributed by atoms with Crippen LogP contribution in [0.3, 0.4) is 0 Å². The summed E-state index contributed by atoms with van der Waals surface area (Å²) in [5.41, 5.74) is 0.356. The Morgan fingerprint density at radius 3 is 3.06 bits per heavy atom. The number of aromatic nitrogens is 1. The average molecular weight is 222 g/mol. The molecule has 86 valence electrons. The topological polar surface area (TPSA) is 66.6 Å². The molecule has 2 fully saturated rings. The SMILES string of the molecule is O=C(c1ccon1)N1CC2CCC(O)C2C1. The Balaban J connectivity index is 1.73. The number of hydrogen-bond acceptors (Lipinski definition) is 4. The molecule has 5 nitrogen and oxygen atoms in total. The average Bonchev–Trinajstić information content (AvgIpc) is 2.96. The molecule has 1 aliphatic heterocycles. The highest BCUT2D eigenvalue weighted by atomic mass is 16.5. The minimum atomic E-state index is -0.236. The smallest absolute Gasteiger partial charge is 0.276 e. The molecule has 2 aliphatic rings. The van der Waals surface area contributed by atoms with E-state index in [0.717, 1.165) is 19.4 Å². The van der Waals surface area contributed by atoms with Gasteiger partial charge in [-0.25, -0.2) is 0 Å². The minimum absolute atomic E-state index is 0.0876. The maximum Gasteiger partial charge on any atom is 0.276 e. The molecular weight excluding hydrogens is 208 g/mol. The van der Waals surface area contributed by atoms with E-state index in [2.05, 4.69) is 9.68 Å². The number of aliphatic hydroxyl groups excluding tert-OH is 1. The van der Waals surface area contributed by atoms with Crippen molar-refractivity contribution in [2.24, 2.45) is 11.8 Å². The van der Waals surface area contributed by atoms with Crippen molar-refractivity contribution >= 4 is 5.91 Å². The van der Waals surface area contributed by atoms with Crippen molar-refractivity contribution in [1.29, 1.82) is 0 Å². The Kier molecular flexibility index (Phi) is 2.21. The molecule has 2 heterocycles.